The van der Waals surface area contributed by atoms with Gasteiger partial charge in [0.2, 0.25) is 0 Å². The molecule has 0 radical (unpaired) electrons. The lowest BCUT2D eigenvalue weighted by molar-refractivity contribution is 0.0598. The third-order valence-corrected chi connectivity index (χ3v) is 7.98. The number of ether oxygens (including phenoxy) is 1. The maximum absolute atomic E-state index is 11.7. The highest BCUT2D eigenvalue weighted by Crippen LogP contribution is 2.31. The highest BCUT2D eigenvalue weighted by Gasteiger charge is 2.34. The minimum absolute atomic E-state index is 0.290. The minimum Gasteiger partial charge on any atom is -0.465 e. The molecule has 2 fully saturated rings. The van der Waals surface area contributed by atoms with Gasteiger partial charge in [0.05, 0.1) is 17.7 Å². The maximum Gasteiger partial charge on any atom is 0.337 e. The number of piperazine rings is 1. The van der Waals surface area contributed by atoms with Crippen molar-refractivity contribution in [3.05, 3.63) is 65.1 Å². The van der Waals surface area contributed by atoms with Gasteiger partial charge in [-0.1, -0.05) is 30.7 Å². The highest BCUT2D eigenvalue weighted by atomic mass is 35.5. The molecule has 0 bridgehead atoms. The minimum atomic E-state index is -0.290. The molecule has 4 heterocycles. The summed E-state index contributed by atoms with van der Waals surface area (Å²) in [7, 11) is 1.41. The van der Waals surface area contributed by atoms with Crippen molar-refractivity contribution in [2.45, 2.75) is 44.8 Å². The lowest BCUT2D eigenvalue weighted by Crippen LogP contribution is -2.58. The van der Waals surface area contributed by atoms with Gasteiger partial charge in [-0.2, -0.15) is 0 Å². The summed E-state index contributed by atoms with van der Waals surface area (Å²) >= 11 is 6.68. The monoisotopic (exact) mass is 522 g/mol. The van der Waals surface area contributed by atoms with Crippen LogP contribution in [0.5, 0.6) is 0 Å². The number of methoxy groups -OCH3 is 1. The van der Waals surface area contributed by atoms with Gasteiger partial charge in [-0.05, 0) is 56.1 Å². The summed E-state index contributed by atoms with van der Waals surface area (Å²) in [6.07, 6.45) is 8.84. The number of benzene rings is 1. The van der Waals surface area contributed by atoms with Crippen LogP contribution < -0.4 is 4.90 Å². The van der Waals surface area contributed by atoms with Crippen molar-refractivity contribution >= 4 is 23.4 Å². The van der Waals surface area contributed by atoms with Crippen LogP contribution in [0, 0.1) is 0 Å². The lowest BCUT2D eigenvalue weighted by atomic mass is 9.97. The summed E-state index contributed by atoms with van der Waals surface area (Å²) in [6, 6.07) is 10.8. The van der Waals surface area contributed by atoms with E-state index in [1.54, 1.807) is 12.4 Å². The molecule has 1 N–H and O–H groups in total. The number of hydrogen-bond acceptors (Lipinski definition) is 7. The molecule has 2 aliphatic heterocycles. The van der Waals surface area contributed by atoms with Crippen molar-refractivity contribution < 1.29 is 9.53 Å². The summed E-state index contributed by atoms with van der Waals surface area (Å²) in [6.45, 7) is 8.26. The van der Waals surface area contributed by atoms with Gasteiger partial charge in [-0.15, -0.1) is 0 Å². The number of nitrogens with one attached hydrogen (secondary N) is 1. The van der Waals surface area contributed by atoms with Crippen LogP contribution in [0.15, 0.2) is 48.9 Å². The van der Waals surface area contributed by atoms with E-state index in [1.165, 1.54) is 25.5 Å². The smallest absolute Gasteiger partial charge is 0.337 e. The number of anilines is 1. The number of aromatic amines is 1. The molecule has 0 spiro atoms. The third kappa shape index (κ3) is 5.81. The molecule has 3 aromatic rings. The van der Waals surface area contributed by atoms with E-state index in [0.717, 1.165) is 62.9 Å². The Morgan fingerprint density at radius 3 is 2.57 bits per heavy atom. The quantitative estimate of drug-likeness (QED) is 0.458. The van der Waals surface area contributed by atoms with E-state index in [2.05, 4.69) is 31.6 Å². The van der Waals surface area contributed by atoms with Crippen molar-refractivity contribution in [2.75, 3.05) is 44.7 Å². The fraction of sp³-hybridized carbons (Fsp3) is 0.464. The molecular formula is C28H35ClN6O2. The van der Waals surface area contributed by atoms with Crippen molar-refractivity contribution in [3.8, 4) is 11.4 Å². The fourth-order valence-electron chi connectivity index (χ4n) is 5.65. The number of halogens is 1. The van der Waals surface area contributed by atoms with Gasteiger partial charge in [0.15, 0.2) is 0 Å². The Balaban J connectivity index is 1.15. The van der Waals surface area contributed by atoms with Crippen molar-refractivity contribution in [3.63, 3.8) is 0 Å². The normalized spacial score (nSPS) is 19.8. The number of rotatable bonds is 7. The number of H-pyrrole nitrogens is 1. The summed E-state index contributed by atoms with van der Waals surface area (Å²) in [4.78, 5) is 31.4. The molecule has 0 aliphatic carbocycles. The molecule has 0 saturated carbocycles. The van der Waals surface area contributed by atoms with Gasteiger partial charge in [-0.3, -0.25) is 9.80 Å². The molecule has 2 saturated heterocycles. The number of pyridine rings is 1. The molecule has 0 unspecified atom stereocenters. The Labute approximate surface area is 223 Å². The summed E-state index contributed by atoms with van der Waals surface area (Å²) in [5.74, 6) is 1.35. The van der Waals surface area contributed by atoms with E-state index in [4.69, 9.17) is 21.3 Å². The Bertz CT molecular complexity index is 1180. The van der Waals surface area contributed by atoms with Crippen LogP contribution >= 0.6 is 11.6 Å². The first-order valence-corrected chi connectivity index (χ1v) is 13.5. The predicted molar refractivity (Wildman–Crippen MR) is 146 cm³/mol. The van der Waals surface area contributed by atoms with Crippen LogP contribution in [-0.4, -0.2) is 82.6 Å². The molecule has 0 amide bonds. The van der Waals surface area contributed by atoms with Crippen LogP contribution in [0.3, 0.4) is 0 Å². The van der Waals surface area contributed by atoms with Gasteiger partial charge in [0.25, 0.3) is 0 Å². The van der Waals surface area contributed by atoms with Gasteiger partial charge in [0.1, 0.15) is 11.6 Å². The largest absolute Gasteiger partial charge is 0.465 e. The first-order chi connectivity index (χ1) is 18.1. The number of esters is 1. The van der Waals surface area contributed by atoms with Crippen LogP contribution in [0.2, 0.25) is 5.02 Å². The summed E-state index contributed by atoms with van der Waals surface area (Å²) < 4.78 is 4.80. The summed E-state index contributed by atoms with van der Waals surface area (Å²) in [5, 5.41) is 0.671. The van der Waals surface area contributed by atoms with Crippen LogP contribution in [0.25, 0.3) is 11.4 Å². The van der Waals surface area contributed by atoms with Crippen LogP contribution in [0.1, 0.15) is 42.1 Å². The molecule has 1 atom stereocenters. The van der Waals surface area contributed by atoms with E-state index < -0.39 is 0 Å². The molecule has 8 nitrogen and oxygen atoms in total. The average molecular weight is 523 g/mol. The molecule has 196 valence electrons. The number of likely N-dealkylation sites (tertiary alicyclic amines) is 1. The van der Waals surface area contributed by atoms with Crippen molar-refractivity contribution in [1.29, 1.82) is 0 Å². The van der Waals surface area contributed by atoms with E-state index >= 15 is 0 Å². The zero-order chi connectivity index (χ0) is 25.8. The number of aromatic nitrogens is 3. The Kier molecular flexibility index (Phi) is 8.08. The second kappa shape index (κ2) is 11.6. The standard InChI is InChI=1S/C28H35ClN6O2/c1-3-23-19-34(27-25(29)16-22(17-32-27)26-30-10-11-31-26)14-15-35(23)24-8-12-33(13-9-24)18-20-4-6-21(7-5-20)28(36)37-2/h4-7,10-11,16-17,23-24H,3,8-9,12-15,18-19H2,1-2H3,(H,30,31)/t23-/m0/s1. The van der Waals surface area contributed by atoms with E-state index in [1.807, 2.05) is 36.5 Å². The third-order valence-electron chi connectivity index (χ3n) is 7.70. The number of imidazole rings is 1. The SMILES string of the molecule is CC[C@H]1CN(c2ncc(-c3ncc[nH]3)cc2Cl)CCN1C1CCN(Cc2ccc(C(=O)OC)cc2)CC1. The molecule has 9 heteroatoms. The Morgan fingerprint density at radius 2 is 1.92 bits per heavy atom. The van der Waals surface area contributed by atoms with Gasteiger partial charge in [-0.25, -0.2) is 14.8 Å². The number of carbonyl (C=O) groups is 1. The molecular weight excluding hydrogens is 488 g/mol. The van der Waals surface area contributed by atoms with E-state index in [9.17, 15) is 4.79 Å². The molecule has 2 aliphatic rings. The molecule has 37 heavy (non-hydrogen) atoms. The molecule has 1 aromatic carbocycles. The number of piperidine rings is 1. The average Bonchev–Trinajstić information content (AvgIpc) is 3.48. The van der Waals surface area contributed by atoms with Crippen LogP contribution in [0.4, 0.5) is 5.82 Å². The number of hydrogen-bond donors (Lipinski definition) is 1. The first kappa shape index (κ1) is 25.7. The second-order valence-electron chi connectivity index (χ2n) is 9.91. The Hall–Kier alpha value is -2.94. The maximum atomic E-state index is 11.7. The predicted octanol–water partition coefficient (Wildman–Crippen LogP) is 4.48. The van der Waals surface area contributed by atoms with E-state index in [0.29, 0.717) is 22.7 Å². The van der Waals surface area contributed by atoms with Crippen molar-refractivity contribution in [2.24, 2.45) is 0 Å². The topological polar surface area (TPSA) is 77.6 Å². The lowest BCUT2D eigenvalue weighted by Gasteiger charge is -2.47. The van der Waals surface area contributed by atoms with Gasteiger partial charge in [0, 0.05) is 62.4 Å². The molecule has 5 rings (SSSR count). The zero-order valence-corrected chi connectivity index (χ0v) is 22.3. The fourth-order valence-corrected chi connectivity index (χ4v) is 5.94. The van der Waals surface area contributed by atoms with Crippen LogP contribution in [-0.2, 0) is 11.3 Å². The van der Waals surface area contributed by atoms with E-state index in [-0.39, 0.29) is 5.97 Å². The van der Waals surface area contributed by atoms with Gasteiger partial charge >= 0.3 is 5.97 Å². The zero-order valence-electron chi connectivity index (χ0n) is 21.6. The first-order valence-electron chi connectivity index (χ1n) is 13.1. The second-order valence-corrected chi connectivity index (χ2v) is 10.3. The highest BCUT2D eigenvalue weighted by molar-refractivity contribution is 6.33. The number of carbonyl (C=O) groups excluding carboxylic acids is 1. The van der Waals surface area contributed by atoms with Crippen molar-refractivity contribution in [1.82, 2.24) is 24.8 Å². The molecule has 2 aromatic heterocycles. The van der Waals surface area contributed by atoms with Gasteiger partial charge < -0.3 is 14.6 Å². The number of nitrogens with zero attached hydrogens (tertiary/aromatic N) is 5. The Morgan fingerprint density at radius 1 is 1.14 bits per heavy atom. The summed E-state index contributed by atoms with van der Waals surface area (Å²) in [5.41, 5.74) is 2.73.